The summed E-state index contributed by atoms with van der Waals surface area (Å²) in [6.45, 7) is -1.12. The molecule has 0 spiro atoms. The first kappa shape index (κ1) is 22.2. The van der Waals surface area contributed by atoms with Crippen molar-refractivity contribution in [2.75, 3.05) is 13.2 Å². The Morgan fingerprint density at radius 1 is 0.840 bits per heavy atom. The van der Waals surface area contributed by atoms with Gasteiger partial charge in [0.2, 0.25) is 0 Å². The molecule has 2 aliphatic heterocycles. The second-order valence-corrected chi connectivity index (χ2v) is 18.0. The van der Waals surface area contributed by atoms with Crippen molar-refractivity contribution < 1.29 is 73.0 Å². The molecule has 0 aliphatic carbocycles. The van der Waals surface area contributed by atoms with Crippen LogP contribution in [0.1, 0.15) is 0 Å². The maximum absolute atomic E-state index is 10.3. The van der Waals surface area contributed by atoms with Crippen molar-refractivity contribution in [3.63, 3.8) is 0 Å². The Morgan fingerprint density at radius 2 is 1.48 bits per heavy atom. The van der Waals surface area contributed by atoms with Crippen molar-refractivity contribution in [3.05, 3.63) is 0 Å². The molecule has 0 radical (unpaired) electrons. The summed E-state index contributed by atoms with van der Waals surface area (Å²) in [4.78, 5) is 0. The molecule has 2 aliphatic rings. The molecule has 144 valence electrons. The van der Waals surface area contributed by atoms with Gasteiger partial charge in [-0.2, -0.15) is 0 Å². The molecule has 2 heterocycles. The van der Waals surface area contributed by atoms with Gasteiger partial charge in [0, 0.05) is 0 Å². The molecule has 7 N–H and O–H groups in total. The van der Waals surface area contributed by atoms with E-state index in [1.807, 2.05) is 0 Å². The van der Waals surface area contributed by atoms with Gasteiger partial charge in [-0.15, -0.1) is 0 Å². The molecule has 0 bridgehead atoms. The maximum atomic E-state index is 10.3. The Morgan fingerprint density at radius 3 is 2.04 bits per heavy atom. The molecule has 12 heteroatoms. The van der Waals surface area contributed by atoms with E-state index in [2.05, 4.69) is 4.43 Å². The molecule has 2 fully saturated rings. The fraction of sp³-hybridized carbons (Fsp3) is 1.00. The summed E-state index contributed by atoms with van der Waals surface area (Å²) in [5.41, 5.74) is -0.659. The predicted molar refractivity (Wildman–Crippen MR) is 79.9 cm³/mol. The number of aliphatic hydroxyl groups is 7. The quantitative estimate of drug-likeness (QED) is 0.157. The van der Waals surface area contributed by atoms with Gasteiger partial charge in [-0.1, -0.05) is 0 Å². The Labute approximate surface area is 159 Å². The number of rotatable bonds is 6. The third kappa shape index (κ3) is 4.84. The van der Waals surface area contributed by atoms with Crippen molar-refractivity contribution >= 4 is 8.24 Å². The molecule has 0 aromatic rings. The summed E-state index contributed by atoms with van der Waals surface area (Å²) in [5.74, 6) is 0. The minimum absolute atomic E-state index is 0.496. The average molecular weight is 573 g/mol. The van der Waals surface area contributed by atoms with E-state index < -0.39 is 96.8 Å². The molecular formula is C13H24HgO10S. The number of hydrogen-bond acceptors (Lipinski definition) is 11. The van der Waals surface area contributed by atoms with E-state index in [9.17, 15) is 35.7 Å². The molecule has 2 rings (SSSR count). The molecular weight excluding hydrogens is 549 g/mol. The fourth-order valence-electron chi connectivity index (χ4n) is 2.86. The Bertz CT molecular complexity index is 416. The van der Waals surface area contributed by atoms with Crippen LogP contribution in [-0.2, 0) is 37.3 Å². The van der Waals surface area contributed by atoms with Crippen LogP contribution >= 0.6 is 8.24 Å². The van der Waals surface area contributed by atoms with E-state index in [-0.39, 0.29) is 0 Å². The van der Waals surface area contributed by atoms with Gasteiger partial charge in [0.25, 0.3) is 0 Å². The number of aliphatic hydroxyl groups excluding tert-OH is 7. The monoisotopic (exact) mass is 574 g/mol. The van der Waals surface area contributed by atoms with Gasteiger partial charge in [0.15, 0.2) is 0 Å². The van der Waals surface area contributed by atoms with Gasteiger partial charge in [-0.3, -0.25) is 0 Å². The van der Waals surface area contributed by atoms with Crippen LogP contribution in [0.5, 0.6) is 0 Å². The summed E-state index contributed by atoms with van der Waals surface area (Å²) >= 11 is -1.24. The molecule has 10 atom stereocenters. The molecule has 0 unspecified atom stereocenters. The molecule has 0 saturated carbocycles. The Balaban J connectivity index is 2.11. The third-order valence-electron chi connectivity index (χ3n) is 4.29. The molecule has 0 aromatic heterocycles. The first-order valence-corrected chi connectivity index (χ1v) is 21.3. The molecule has 0 aromatic carbocycles. The average Bonchev–Trinajstić information content (AvgIpc) is 2.61. The van der Waals surface area contributed by atoms with E-state index in [1.165, 1.54) is 8.24 Å². The number of ether oxygens (including phenoxy) is 3. The summed E-state index contributed by atoms with van der Waals surface area (Å²) in [7, 11) is 1.47. The molecule has 2 saturated heterocycles. The summed E-state index contributed by atoms with van der Waals surface area (Å²) in [6.07, 6.45) is -12.3. The standard InChI is InChI=1S/C12H22O10S.CH3.Hg/c13-1-3-5(15)6(16)8(18)11(20-3)22-10-4(2-14)21-12(23)9(19)7(10)17;;/h3-19,23H,1-2H2;1H3;/q;;+1/p-1/t3-,4-,5-,6+,7-,8-,9-,10-,11+,12+;;/m1../s1. The summed E-state index contributed by atoms with van der Waals surface area (Å²) in [6, 6.07) is 0. The van der Waals surface area contributed by atoms with E-state index in [0.717, 1.165) is 0 Å². The zero-order valence-corrected chi connectivity index (χ0v) is 20.0. The van der Waals surface area contributed by atoms with Crippen LogP contribution in [0.25, 0.3) is 0 Å². The van der Waals surface area contributed by atoms with Gasteiger partial charge in [-0.05, 0) is 0 Å². The van der Waals surface area contributed by atoms with Gasteiger partial charge >= 0.3 is 159 Å². The topological polar surface area (TPSA) is 169 Å². The zero-order valence-electron chi connectivity index (χ0n) is 13.7. The van der Waals surface area contributed by atoms with Crippen LogP contribution in [-0.4, -0.2) is 110 Å². The summed E-state index contributed by atoms with van der Waals surface area (Å²) < 4.78 is 18.3. The van der Waals surface area contributed by atoms with Crippen LogP contribution in [0.3, 0.4) is 0 Å². The first-order valence-electron chi connectivity index (χ1n) is 8.05. The molecule has 25 heavy (non-hydrogen) atoms. The zero-order chi connectivity index (χ0) is 18.7. The van der Waals surface area contributed by atoms with Crippen LogP contribution in [0, 0.1) is 0 Å². The minimum atomic E-state index is -1.65. The van der Waals surface area contributed by atoms with Gasteiger partial charge in [0.05, 0.1) is 0 Å². The first-order chi connectivity index (χ1) is 11.8. The van der Waals surface area contributed by atoms with Gasteiger partial charge in [-0.25, -0.2) is 0 Å². The van der Waals surface area contributed by atoms with Crippen LogP contribution in [0.15, 0.2) is 0 Å². The third-order valence-corrected chi connectivity index (χ3v) is 13.1. The van der Waals surface area contributed by atoms with Crippen molar-refractivity contribution in [2.45, 2.75) is 65.0 Å². The van der Waals surface area contributed by atoms with E-state index >= 15 is 0 Å². The normalized spacial score (nSPS) is 48.2. The fourth-order valence-corrected chi connectivity index (χ4v) is 10.8. The van der Waals surface area contributed by atoms with E-state index in [1.54, 1.807) is 0 Å². The van der Waals surface area contributed by atoms with E-state index in [0.29, 0.717) is 0 Å². The van der Waals surface area contributed by atoms with Crippen molar-refractivity contribution in [1.82, 2.24) is 0 Å². The molecule has 0 amide bonds. The second-order valence-electron chi connectivity index (χ2n) is 5.96. The van der Waals surface area contributed by atoms with Crippen molar-refractivity contribution in [1.29, 1.82) is 0 Å². The Hall–Kier alpha value is 0.885. The van der Waals surface area contributed by atoms with Crippen LogP contribution in [0.4, 0.5) is 0 Å². The molecule has 10 nitrogen and oxygen atoms in total. The van der Waals surface area contributed by atoms with E-state index in [4.69, 9.17) is 14.2 Å². The Kier molecular flexibility index (Phi) is 8.77. The predicted octanol–water partition coefficient (Wildman–Crippen LogP) is -3.61. The van der Waals surface area contributed by atoms with Gasteiger partial charge < -0.3 is 0 Å². The van der Waals surface area contributed by atoms with Crippen LogP contribution in [0.2, 0.25) is 4.43 Å². The van der Waals surface area contributed by atoms with Crippen LogP contribution < -0.4 is 0 Å². The SMILES string of the molecule is [CH3][Hg][S][C@@H]1O[C@H](CO)[C@@H](O[C@@H]2O[C@H](CO)[C@@H](O)[C@H](O)[C@H]2O)[C@H](O)[C@H]1O. The van der Waals surface area contributed by atoms with Gasteiger partial charge in [0.1, 0.15) is 0 Å². The second kappa shape index (κ2) is 9.89. The van der Waals surface area contributed by atoms with Crippen molar-refractivity contribution in [3.8, 4) is 0 Å². The summed E-state index contributed by atoms with van der Waals surface area (Å²) in [5, 5.41) is 68.8. The van der Waals surface area contributed by atoms with Crippen molar-refractivity contribution in [2.24, 2.45) is 0 Å². The number of hydrogen-bond donors (Lipinski definition) is 7.